The number of nitrogens with two attached hydrogens (primary N) is 1. The number of nitrogens with one attached hydrogen (secondary N) is 1. The van der Waals surface area contributed by atoms with Crippen molar-refractivity contribution in [3.63, 3.8) is 0 Å². The van der Waals surface area contributed by atoms with E-state index in [-0.39, 0.29) is 11.9 Å². The first-order valence-corrected chi connectivity index (χ1v) is 5.73. The highest BCUT2D eigenvalue weighted by Gasteiger charge is 2.25. The Morgan fingerprint density at radius 2 is 2.53 bits per heavy atom. The van der Waals surface area contributed by atoms with Gasteiger partial charge in [-0.05, 0) is 12.5 Å². The Hall–Kier alpha value is -1.69. The minimum Gasteiger partial charge on any atom is -0.353 e. The van der Waals surface area contributed by atoms with Crippen molar-refractivity contribution in [1.82, 2.24) is 15.5 Å². The fourth-order valence-electron chi connectivity index (χ4n) is 2.13. The number of amides is 1. The molecule has 1 aliphatic heterocycles. The molecule has 17 heavy (non-hydrogen) atoms. The van der Waals surface area contributed by atoms with Crippen molar-refractivity contribution in [3.8, 4) is 0 Å². The fourth-order valence-corrected chi connectivity index (χ4v) is 2.13. The molecule has 0 saturated carbocycles. The summed E-state index contributed by atoms with van der Waals surface area (Å²) in [6.07, 6.45) is 2.58. The molecule has 1 aromatic heterocycles. The Morgan fingerprint density at radius 3 is 3.24 bits per heavy atom. The largest absolute Gasteiger partial charge is 0.353 e. The molecule has 1 atom stereocenters. The first-order valence-electron chi connectivity index (χ1n) is 5.73. The summed E-state index contributed by atoms with van der Waals surface area (Å²) < 4.78 is 0. The summed E-state index contributed by atoms with van der Waals surface area (Å²) in [7, 11) is 0. The zero-order valence-electron chi connectivity index (χ0n) is 9.89. The van der Waals surface area contributed by atoms with Gasteiger partial charge in [-0.2, -0.15) is 5.10 Å². The van der Waals surface area contributed by atoms with Crippen LogP contribution in [0.3, 0.4) is 0 Å². The highest BCUT2D eigenvalue weighted by atomic mass is 16.1. The Labute approximate surface area is 100 Å². The van der Waals surface area contributed by atoms with Crippen LogP contribution in [0, 0.1) is 0 Å². The SMILES string of the molecule is CC(=O)NC1CCN(c2nnccc2CN)C1. The third kappa shape index (κ3) is 2.71. The molecule has 2 heterocycles. The Morgan fingerprint density at radius 1 is 1.71 bits per heavy atom. The summed E-state index contributed by atoms with van der Waals surface area (Å²) >= 11 is 0. The molecule has 1 amide bonds. The third-order valence-corrected chi connectivity index (χ3v) is 2.90. The topological polar surface area (TPSA) is 84.1 Å². The van der Waals surface area contributed by atoms with Crippen LogP contribution in [0.1, 0.15) is 18.9 Å². The zero-order valence-corrected chi connectivity index (χ0v) is 9.89. The monoisotopic (exact) mass is 235 g/mol. The van der Waals surface area contributed by atoms with Gasteiger partial charge in [0.2, 0.25) is 5.91 Å². The third-order valence-electron chi connectivity index (χ3n) is 2.90. The van der Waals surface area contributed by atoms with E-state index in [2.05, 4.69) is 20.4 Å². The van der Waals surface area contributed by atoms with E-state index in [4.69, 9.17) is 5.73 Å². The molecule has 1 fully saturated rings. The van der Waals surface area contributed by atoms with Gasteiger partial charge < -0.3 is 16.0 Å². The summed E-state index contributed by atoms with van der Waals surface area (Å²) in [6, 6.07) is 2.08. The van der Waals surface area contributed by atoms with Gasteiger partial charge in [0.05, 0.1) is 6.20 Å². The second-order valence-electron chi connectivity index (χ2n) is 4.22. The minimum atomic E-state index is 0.00930. The highest BCUT2D eigenvalue weighted by Crippen LogP contribution is 2.20. The van der Waals surface area contributed by atoms with Crippen molar-refractivity contribution in [3.05, 3.63) is 17.8 Å². The van der Waals surface area contributed by atoms with Crippen molar-refractivity contribution in [1.29, 1.82) is 0 Å². The smallest absolute Gasteiger partial charge is 0.217 e. The molecule has 0 aliphatic carbocycles. The number of anilines is 1. The van der Waals surface area contributed by atoms with E-state index >= 15 is 0 Å². The molecular formula is C11H17N5O. The lowest BCUT2D eigenvalue weighted by atomic mass is 10.2. The van der Waals surface area contributed by atoms with Crippen LogP contribution in [0.5, 0.6) is 0 Å². The van der Waals surface area contributed by atoms with Crippen molar-refractivity contribution in [2.45, 2.75) is 25.9 Å². The Kier molecular flexibility index (Phi) is 3.53. The lowest BCUT2D eigenvalue weighted by Gasteiger charge is -2.19. The van der Waals surface area contributed by atoms with Gasteiger partial charge in [0.25, 0.3) is 0 Å². The average Bonchev–Trinajstić information content (AvgIpc) is 2.76. The predicted molar refractivity (Wildman–Crippen MR) is 64.4 cm³/mol. The number of rotatable bonds is 3. The van der Waals surface area contributed by atoms with E-state index in [1.165, 1.54) is 6.92 Å². The van der Waals surface area contributed by atoms with Gasteiger partial charge in [-0.25, -0.2) is 0 Å². The van der Waals surface area contributed by atoms with Gasteiger partial charge in [0, 0.05) is 38.2 Å². The molecule has 2 rings (SSSR count). The summed E-state index contributed by atoms with van der Waals surface area (Å²) in [5, 5.41) is 10.9. The van der Waals surface area contributed by atoms with Crippen molar-refractivity contribution >= 4 is 11.7 Å². The summed E-state index contributed by atoms with van der Waals surface area (Å²) in [5.74, 6) is 0.845. The van der Waals surface area contributed by atoms with E-state index in [0.717, 1.165) is 30.9 Å². The molecule has 1 aromatic rings. The van der Waals surface area contributed by atoms with E-state index < -0.39 is 0 Å². The van der Waals surface area contributed by atoms with Crippen LogP contribution in [0.15, 0.2) is 12.3 Å². The molecule has 0 aromatic carbocycles. The quantitative estimate of drug-likeness (QED) is 0.748. The van der Waals surface area contributed by atoms with Crippen LogP contribution in [0.2, 0.25) is 0 Å². The first kappa shape index (κ1) is 11.8. The summed E-state index contributed by atoms with van der Waals surface area (Å²) in [6.45, 7) is 3.63. The van der Waals surface area contributed by atoms with Crippen LogP contribution >= 0.6 is 0 Å². The molecule has 92 valence electrons. The normalized spacial score (nSPS) is 19.4. The van der Waals surface area contributed by atoms with Gasteiger partial charge in [0.15, 0.2) is 5.82 Å². The van der Waals surface area contributed by atoms with Gasteiger partial charge in [-0.15, -0.1) is 5.10 Å². The molecule has 1 aliphatic rings. The molecule has 6 heteroatoms. The molecule has 1 saturated heterocycles. The van der Waals surface area contributed by atoms with E-state index in [1.807, 2.05) is 6.07 Å². The van der Waals surface area contributed by atoms with Gasteiger partial charge >= 0.3 is 0 Å². The standard InChI is InChI=1S/C11H17N5O/c1-8(17)14-10-3-5-16(7-10)11-9(6-12)2-4-13-15-11/h2,4,10H,3,5-7,12H2,1H3,(H,14,17). The number of nitrogens with zero attached hydrogens (tertiary/aromatic N) is 3. The van der Waals surface area contributed by atoms with Crippen molar-refractivity contribution in [2.75, 3.05) is 18.0 Å². The minimum absolute atomic E-state index is 0.00930. The Balaban J connectivity index is 2.07. The van der Waals surface area contributed by atoms with Crippen molar-refractivity contribution in [2.24, 2.45) is 5.73 Å². The maximum atomic E-state index is 11.0. The predicted octanol–water partition coefficient (Wildman–Crippen LogP) is -0.350. The Bertz CT molecular complexity index is 409. The molecule has 0 bridgehead atoms. The maximum absolute atomic E-state index is 11.0. The van der Waals surface area contributed by atoms with Gasteiger partial charge in [-0.3, -0.25) is 4.79 Å². The lowest BCUT2D eigenvalue weighted by molar-refractivity contribution is -0.119. The first-order chi connectivity index (χ1) is 8.20. The second kappa shape index (κ2) is 5.09. The van der Waals surface area contributed by atoms with E-state index in [0.29, 0.717) is 6.54 Å². The molecule has 0 spiro atoms. The molecule has 6 nitrogen and oxygen atoms in total. The van der Waals surface area contributed by atoms with Crippen LogP contribution < -0.4 is 16.0 Å². The van der Waals surface area contributed by atoms with Crippen LogP contribution in [-0.2, 0) is 11.3 Å². The van der Waals surface area contributed by atoms with E-state index in [1.54, 1.807) is 6.20 Å². The lowest BCUT2D eigenvalue weighted by Crippen LogP contribution is -2.36. The molecule has 3 N–H and O–H groups in total. The van der Waals surface area contributed by atoms with Gasteiger partial charge in [-0.1, -0.05) is 0 Å². The maximum Gasteiger partial charge on any atom is 0.217 e. The zero-order chi connectivity index (χ0) is 12.3. The molecule has 0 radical (unpaired) electrons. The number of hydrogen-bond acceptors (Lipinski definition) is 5. The summed E-state index contributed by atoms with van der Waals surface area (Å²) in [5.41, 5.74) is 6.66. The average molecular weight is 235 g/mol. The number of carbonyl (C=O) groups excluding carboxylic acids is 1. The second-order valence-corrected chi connectivity index (χ2v) is 4.22. The van der Waals surface area contributed by atoms with Crippen molar-refractivity contribution < 1.29 is 4.79 Å². The number of carbonyl (C=O) groups is 1. The van der Waals surface area contributed by atoms with Crippen LogP contribution in [0.25, 0.3) is 0 Å². The van der Waals surface area contributed by atoms with Crippen LogP contribution in [0.4, 0.5) is 5.82 Å². The molecular weight excluding hydrogens is 218 g/mol. The highest BCUT2D eigenvalue weighted by molar-refractivity contribution is 5.73. The van der Waals surface area contributed by atoms with Crippen LogP contribution in [-0.4, -0.2) is 35.2 Å². The van der Waals surface area contributed by atoms with E-state index in [9.17, 15) is 4.79 Å². The summed E-state index contributed by atoms with van der Waals surface area (Å²) in [4.78, 5) is 13.1. The fraction of sp³-hybridized carbons (Fsp3) is 0.545. The molecule has 1 unspecified atom stereocenters. The number of aromatic nitrogens is 2. The van der Waals surface area contributed by atoms with Gasteiger partial charge in [0.1, 0.15) is 0 Å². The number of hydrogen-bond donors (Lipinski definition) is 2.